The van der Waals surface area contributed by atoms with Crippen molar-refractivity contribution in [2.24, 2.45) is 0 Å². The third-order valence-corrected chi connectivity index (χ3v) is 8.51. The maximum absolute atomic E-state index is 11.9. The van der Waals surface area contributed by atoms with Crippen molar-refractivity contribution in [3.8, 4) is 0 Å². The fourth-order valence-electron chi connectivity index (χ4n) is 3.91. The van der Waals surface area contributed by atoms with Crippen molar-refractivity contribution < 1.29 is 14.3 Å². The summed E-state index contributed by atoms with van der Waals surface area (Å²) >= 11 is 4.02. The largest absolute Gasteiger partial charge is 0.466 e. The molecule has 3 nitrogen and oxygen atoms in total. The zero-order chi connectivity index (χ0) is 25.0. The summed E-state index contributed by atoms with van der Waals surface area (Å²) in [6.07, 6.45) is 22.4. The molecule has 1 atom stereocenters. The summed E-state index contributed by atoms with van der Waals surface area (Å²) in [6.45, 7) is 9.20. The quantitative estimate of drug-likeness (QED) is 0.0761. The van der Waals surface area contributed by atoms with Crippen molar-refractivity contribution in [3.05, 3.63) is 0 Å². The first kappa shape index (κ1) is 34.1. The highest BCUT2D eigenvalue weighted by molar-refractivity contribution is 8.00. The summed E-state index contributed by atoms with van der Waals surface area (Å²) in [5, 5.41) is 0.733. The molecular weight excluding hydrogens is 460 g/mol. The van der Waals surface area contributed by atoms with Gasteiger partial charge in [0.15, 0.2) is 0 Å². The minimum atomic E-state index is -0.0163. The van der Waals surface area contributed by atoms with Crippen LogP contribution in [0.4, 0.5) is 0 Å². The number of unbranched alkanes of at least 4 members (excludes halogenated alkanes) is 12. The average Bonchev–Trinajstić information content (AvgIpc) is 2.84. The van der Waals surface area contributed by atoms with E-state index in [0.717, 1.165) is 42.1 Å². The number of thioether (sulfide) groups is 2. The fraction of sp³-hybridized carbons (Fsp3) is 0.966. The molecule has 0 saturated carbocycles. The molecule has 34 heavy (non-hydrogen) atoms. The topological polar surface area (TPSA) is 35.5 Å². The number of hydrogen-bond acceptors (Lipinski definition) is 5. The first-order chi connectivity index (χ1) is 16.7. The standard InChI is InChI=1S/C29H58O3S2/c1-4-7-10-12-14-17-22-31-24-27-34-28(19-16-9-6-3)20-25-33-26-21-29(30)32-23-18-15-13-11-8-5-2/h28H,4-27H2,1-3H3. The van der Waals surface area contributed by atoms with E-state index in [1.807, 2.05) is 11.8 Å². The van der Waals surface area contributed by atoms with Crippen LogP contribution in [0.2, 0.25) is 0 Å². The van der Waals surface area contributed by atoms with Crippen molar-refractivity contribution in [1.82, 2.24) is 0 Å². The van der Waals surface area contributed by atoms with Crippen LogP contribution >= 0.6 is 23.5 Å². The third-order valence-electron chi connectivity index (χ3n) is 6.15. The van der Waals surface area contributed by atoms with Crippen LogP contribution in [0, 0.1) is 0 Å². The molecule has 0 aliphatic heterocycles. The van der Waals surface area contributed by atoms with Crippen LogP contribution in [-0.4, -0.2) is 48.3 Å². The molecule has 0 aromatic heterocycles. The van der Waals surface area contributed by atoms with Gasteiger partial charge in [-0.1, -0.05) is 104 Å². The lowest BCUT2D eigenvalue weighted by Crippen LogP contribution is -2.10. The summed E-state index contributed by atoms with van der Waals surface area (Å²) in [5.74, 6) is 3.13. The van der Waals surface area contributed by atoms with E-state index in [9.17, 15) is 4.79 Å². The van der Waals surface area contributed by atoms with Crippen LogP contribution in [-0.2, 0) is 14.3 Å². The van der Waals surface area contributed by atoms with Crippen molar-refractivity contribution in [2.45, 2.75) is 142 Å². The third kappa shape index (κ3) is 26.7. The van der Waals surface area contributed by atoms with Gasteiger partial charge in [0.2, 0.25) is 0 Å². The molecule has 0 fully saturated rings. The smallest absolute Gasteiger partial charge is 0.306 e. The maximum atomic E-state index is 11.9. The Labute approximate surface area is 222 Å². The van der Waals surface area contributed by atoms with Crippen molar-refractivity contribution in [1.29, 1.82) is 0 Å². The van der Waals surface area contributed by atoms with E-state index in [-0.39, 0.29) is 5.97 Å². The molecule has 0 saturated heterocycles. The maximum Gasteiger partial charge on any atom is 0.306 e. The molecule has 0 rings (SSSR count). The molecular formula is C29H58O3S2. The average molecular weight is 519 g/mol. The number of rotatable bonds is 28. The first-order valence-electron chi connectivity index (χ1n) is 14.7. The van der Waals surface area contributed by atoms with E-state index >= 15 is 0 Å². The Kier molecular flexibility index (Phi) is 29.5. The van der Waals surface area contributed by atoms with Crippen LogP contribution in [0.15, 0.2) is 0 Å². The predicted molar refractivity (Wildman–Crippen MR) is 155 cm³/mol. The van der Waals surface area contributed by atoms with Crippen molar-refractivity contribution >= 4 is 29.5 Å². The molecule has 0 aliphatic rings. The van der Waals surface area contributed by atoms with E-state index in [1.54, 1.807) is 0 Å². The summed E-state index contributed by atoms with van der Waals surface area (Å²) < 4.78 is 11.3. The SMILES string of the molecule is CCCCCCCCOCCSC(CCCCC)CCSCCC(=O)OCCCCCCCC. The molecule has 0 bridgehead atoms. The Morgan fingerprint density at radius 2 is 1.21 bits per heavy atom. The fourth-order valence-corrected chi connectivity index (χ4v) is 6.19. The Morgan fingerprint density at radius 3 is 1.88 bits per heavy atom. The van der Waals surface area contributed by atoms with E-state index < -0.39 is 0 Å². The lowest BCUT2D eigenvalue weighted by atomic mass is 10.1. The lowest BCUT2D eigenvalue weighted by Gasteiger charge is -2.16. The number of ether oxygens (including phenoxy) is 2. The van der Waals surface area contributed by atoms with Gasteiger partial charge in [0.1, 0.15) is 0 Å². The van der Waals surface area contributed by atoms with Gasteiger partial charge >= 0.3 is 5.97 Å². The molecule has 0 aromatic rings. The van der Waals surface area contributed by atoms with Gasteiger partial charge in [-0.05, 0) is 31.4 Å². The highest BCUT2D eigenvalue weighted by Gasteiger charge is 2.10. The molecule has 0 radical (unpaired) electrons. The molecule has 0 aromatic carbocycles. The summed E-state index contributed by atoms with van der Waals surface area (Å²) in [7, 11) is 0. The summed E-state index contributed by atoms with van der Waals surface area (Å²) in [4.78, 5) is 11.9. The normalized spacial score (nSPS) is 12.2. The second-order valence-electron chi connectivity index (χ2n) is 9.51. The minimum absolute atomic E-state index is 0.0163. The van der Waals surface area contributed by atoms with Gasteiger partial charge in [-0.15, -0.1) is 0 Å². The van der Waals surface area contributed by atoms with Gasteiger partial charge in [0.05, 0.1) is 19.6 Å². The van der Waals surface area contributed by atoms with Gasteiger partial charge < -0.3 is 9.47 Å². The molecule has 0 spiro atoms. The van der Waals surface area contributed by atoms with Gasteiger partial charge in [-0.25, -0.2) is 0 Å². The number of carbonyl (C=O) groups excluding carboxylic acids is 1. The van der Waals surface area contributed by atoms with E-state index in [4.69, 9.17) is 9.47 Å². The van der Waals surface area contributed by atoms with Crippen LogP contribution in [0.5, 0.6) is 0 Å². The molecule has 0 N–H and O–H groups in total. The summed E-state index contributed by atoms with van der Waals surface area (Å²) in [5.41, 5.74) is 0. The molecule has 0 heterocycles. The number of carbonyl (C=O) groups is 1. The minimum Gasteiger partial charge on any atom is -0.466 e. The molecule has 204 valence electrons. The highest BCUT2D eigenvalue weighted by atomic mass is 32.2. The van der Waals surface area contributed by atoms with Gasteiger partial charge in [0, 0.05) is 23.4 Å². The predicted octanol–water partition coefficient (Wildman–Crippen LogP) is 9.46. The van der Waals surface area contributed by atoms with E-state index in [1.165, 1.54) is 103 Å². The second kappa shape index (κ2) is 29.4. The van der Waals surface area contributed by atoms with Crippen LogP contribution in [0.3, 0.4) is 0 Å². The highest BCUT2D eigenvalue weighted by Crippen LogP contribution is 2.23. The lowest BCUT2D eigenvalue weighted by molar-refractivity contribution is -0.143. The first-order valence-corrected chi connectivity index (χ1v) is 16.9. The van der Waals surface area contributed by atoms with Crippen molar-refractivity contribution in [3.63, 3.8) is 0 Å². The molecule has 5 heteroatoms. The summed E-state index contributed by atoms with van der Waals surface area (Å²) in [6, 6.07) is 0. The van der Waals surface area contributed by atoms with Gasteiger partial charge in [0.25, 0.3) is 0 Å². The van der Waals surface area contributed by atoms with E-state index in [2.05, 4.69) is 32.5 Å². The zero-order valence-electron chi connectivity index (χ0n) is 23.1. The Balaban J connectivity index is 3.71. The van der Waals surface area contributed by atoms with Crippen LogP contribution < -0.4 is 0 Å². The molecule has 0 aliphatic carbocycles. The second-order valence-corrected chi connectivity index (χ2v) is 12.1. The van der Waals surface area contributed by atoms with Crippen LogP contribution in [0.1, 0.15) is 136 Å². The molecule has 1 unspecified atom stereocenters. The number of hydrogen-bond donors (Lipinski definition) is 0. The van der Waals surface area contributed by atoms with Gasteiger partial charge in [-0.2, -0.15) is 23.5 Å². The number of esters is 1. The Bertz CT molecular complexity index is 407. The Morgan fingerprint density at radius 1 is 0.618 bits per heavy atom. The zero-order valence-corrected chi connectivity index (χ0v) is 24.7. The van der Waals surface area contributed by atoms with Crippen LogP contribution in [0.25, 0.3) is 0 Å². The van der Waals surface area contributed by atoms with Gasteiger partial charge in [-0.3, -0.25) is 4.79 Å². The van der Waals surface area contributed by atoms with E-state index in [0.29, 0.717) is 13.0 Å². The molecule has 0 amide bonds. The Hall–Kier alpha value is 0.130. The monoisotopic (exact) mass is 518 g/mol. The van der Waals surface area contributed by atoms with Crippen molar-refractivity contribution in [2.75, 3.05) is 37.1 Å².